The van der Waals surface area contributed by atoms with Crippen molar-refractivity contribution < 1.29 is 4.42 Å². The van der Waals surface area contributed by atoms with Gasteiger partial charge >= 0.3 is 0 Å². The third kappa shape index (κ3) is 3.44. The second-order valence-electron chi connectivity index (χ2n) is 4.72. The summed E-state index contributed by atoms with van der Waals surface area (Å²) in [5, 5.41) is 3.43. The minimum absolute atomic E-state index is 0.403. The van der Waals surface area contributed by atoms with E-state index >= 15 is 0 Å². The van der Waals surface area contributed by atoms with Gasteiger partial charge in [-0.25, -0.2) is 4.98 Å². The zero-order chi connectivity index (χ0) is 13.0. The van der Waals surface area contributed by atoms with Crippen LogP contribution in [0.25, 0.3) is 0 Å². The number of oxazole rings is 1. The standard InChI is InChI=1S/C15H20N2O/c1-11(9-14-7-5-4-6-8-14)16-10-15-17-12(2)13(3)18-15/h4-8,11,16H,9-10H2,1-3H3. The van der Waals surface area contributed by atoms with E-state index in [0.29, 0.717) is 12.6 Å². The van der Waals surface area contributed by atoms with Gasteiger partial charge in [0, 0.05) is 6.04 Å². The van der Waals surface area contributed by atoms with Crippen LogP contribution < -0.4 is 5.32 Å². The molecule has 1 aromatic carbocycles. The predicted octanol–water partition coefficient (Wildman–Crippen LogP) is 3.01. The Hall–Kier alpha value is -1.61. The summed E-state index contributed by atoms with van der Waals surface area (Å²) in [6.45, 7) is 6.77. The Morgan fingerprint density at radius 2 is 1.94 bits per heavy atom. The van der Waals surface area contributed by atoms with Crippen LogP contribution in [0, 0.1) is 13.8 Å². The normalized spacial score (nSPS) is 12.6. The van der Waals surface area contributed by atoms with Crippen molar-refractivity contribution in [1.82, 2.24) is 10.3 Å². The van der Waals surface area contributed by atoms with Gasteiger partial charge < -0.3 is 9.73 Å². The highest BCUT2D eigenvalue weighted by Gasteiger charge is 2.07. The first kappa shape index (κ1) is 12.8. The molecule has 18 heavy (non-hydrogen) atoms. The lowest BCUT2D eigenvalue weighted by Gasteiger charge is -2.12. The van der Waals surface area contributed by atoms with E-state index in [4.69, 9.17) is 4.42 Å². The quantitative estimate of drug-likeness (QED) is 0.878. The van der Waals surface area contributed by atoms with Crippen LogP contribution >= 0.6 is 0 Å². The molecule has 2 aromatic rings. The summed E-state index contributed by atoms with van der Waals surface area (Å²) in [7, 11) is 0. The van der Waals surface area contributed by atoms with Crippen LogP contribution in [0.4, 0.5) is 0 Å². The fourth-order valence-electron chi connectivity index (χ4n) is 1.92. The molecule has 3 nitrogen and oxygen atoms in total. The van der Waals surface area contributed by atoms with Gasteiger partial charge in [-0.2, -0.15) is 0 Å². The Bertz CT molecular complexity index is 471. The number of hydrogen-bond acceptors (Lipinski definition) is 3. The minimum Gasteiger partial charge on any atom is -0.444 e. The smallest absolute Gasteiger partial charge is 0.208 e. The van der Waals surface area contributed by atoms with Crippen LogP contribution in [-0.4, -0.2) is 11.0 Å². The molecule has 0 saturated heterocycles. The van der Waals surface area contributed by atoms with Crippen molar-refractivity contribution in [3.63, 3.8) is 0 Å². The SMILES string of the molecule is Cc1nc(CNC(C)Cc2ccccc2)oc1C. The van der Waals surface area contributed by atoms with E-state index in [1.54, 1.807) is 0 Å². The van der Waals surface area contributed by atoms with Gasteiger partial charge in [0.2, 0.25) is 5.89 Å². The number of benzene rings is 1. The highest BCUT2D eigenvalue weighted by atomic mass is 16.4. The third-order valence-electron chi connectivity index (χ3n) is 3.06. The number of nitrogens with one attached hydrogen (secondary N) is 1. The Kier molecular flexibility index (Phi) is 4.15. The minimum atomic E-state index is 0.403. The van der Waals surface area contributed by atoms with Crippen LogP contribution in [-0.2, 0) is 13.0 Å². The average Bonchev–Trinajstić information content (AvgIpc) is 2.68. The van der Waals surface area contributed by atoms with Gasteiger partial charge in [-0.3, -0.25) is 0 Å². The predicted molar refractivity (Wildman–Crippen MR) is 72.4 cm³/mol. The lowest BCUT2D eigenvalue weighted by atomic mass is 10.1. The second-order valence-corrected chi connectivity index (χ2v) is 4.72. The Morgan fingerprint density at radius 3 is 2.56 bits per heavy atom. The molecule has 1 atom stereocenters. The molecule has 0 amide bonds. The van der Waals surface area contributed by atoms with E-state index in [1.165, 1.54) is 5.56 Å². The lowest BCUT2D eigenvalue weighted by molar-refractivity contribution is 0.427. The number of hydrogen-bond donors (Lipinski definition) is 1. The van der Waals surface area contributed by atoms with Crippen LogP contribution in [0.2, 0.25) is 0 Å². The molecule has 0 aliphatic carbocycles. The molecule has 1 N–H and O–H groups in total. The molecular weight excluding hydrogens is 224 g/mol. The molecular formula is C15H20N2O. The van der Waals surface area contributed by atoms with Crippen LogP contribution in [0.3, 0.4) is 0 Å². The van der Waals surface area contributed by atoms with E-state index in [2.05, 4.69) is 41.5 Å². The Balaban J connectivity index is 1.83. The molecule has 0 bridgehead atoms. The van der Waals surface area contributed by atoms with E-state index in [0.717, 1.165) is 23.8 Å². The first-order chi connectivity index (χ1) is 8.65. The van der Waals surface area contributed by atoms with Crippen molar-refractivity contribution in [3.8, 4) is 0 Å². The Morgan fingerprint density at radius 1 is 1.22 bits per heavy atom. The molecule has 0 saturated carbocycles. The summed E-state index contributed by atoms with van der Waals surface area (Å²) in [5.74, 6) is 1.67. The summed E-state index contributed by atoms with van der Waals surface area (Å²) in [6.07, 6.45) is 1.01. The largest absolute Gasteiger partial charge is 0.444 e. The lowest BCUT2D eigenvalue weighted by Crippen LogP contribution is -2.27. The fourth-order valence-corrected chi connectivity index (χ4v) is 1.92. The third-order valence-corrected chi connectivity index (χ3v) is 3.06. The first-order valence-corrected chi connectivity index (χ1v) is 6.35. The van der Waals surface area contributed by atoms with Crippen molar-refractivity contribution in [2.75, 3.05) is 0 Å². The van der Waals surface area contributed by atoms with Crippen molar-refractivity contribution in [2.45, 2.75) is 39.8 Å². The molecule has 0 spiro atoms. The molecule has 0 radical (unpaired) electrons. The molecule has 1 heterocycles. The van der Waals surface area contributed by atoms with Gasteiger partial charge in [-0.05, 0) is 32.8 Å². The molecule has 1 unspecified atom stereocenters. The summed E-state index contributed by atoms with van der Waals surface area (Å²) < 4.78 is 5.54. The molecule has 2 rings (SSSR count). The monoisotopic (exact) mass is 244 g/mol. The highest BCUT2D eigenvalue weighted by Crippen LogP contribution is 2.08. The maximum Gasteiger partial charge on any atom is 0.208 e. The summed E-state index contributed by atoms with van der Waals surface area (Å²) in [4.78, 5) is 4.36. The summed E-state index contributed by atoms with van der Waals surface area (Å²) >= 11 is 0. The van der Waals surface area contributed by atoms with Crippen molar-refractivity contribution >= 4 is 0 Å². The van der Waals surface area contributed by atoms with Crippen LogP contribution in [0.1, 0.15) is 29.8 Å². The summed E-state index contributed by atoms with van der Waals surface area (Å²) in [5.41, 5.74) is 2.32. The topological polar surface area (TPSA) is 38.1 Å². The van der Waals surface area contributed by atoms with E-state index in [9.17, 15) is 0 Å². The second kappa shape index (κ2) is 5.83. The first-order valence-electron chi connectivity index (χ1n) is 6.35. The van der Waals surface area contributed by atoms with Crippen LogP contribution in [0.5, 0.6) is 0 Å². The fraction of sp³-hybridized carbons (Fsp3) is 0.400. The van der Waals surface area contributed by atoms with Crippen molar-refractivity contribution in [1.29, 1.82) is 0 Å². The van der Waals surface area contributed by atoms with Gasteiger partial charge in [0.15, 0.2) is 0 Å². The average molecular weight is 244 g/mol. The highest BCUT2D eigenvalue weighted by molar-refractivity contribution is 5.15. The number of rotatable bonds is 5. The van der Waals surface area contributed by atoms with Gasteiger partial charge in [-0.1, -0.05) is 30.3 Å². The van der Waals surface area contributed by atoms with E-state index in [1.807, 2.05) is 19.9 Å². The molecule has 0 fully saturated rings. The maximum absolute atomic E-state index is 5.54. The molecule has 0 aliphatic heterocycles. The van der Waals surface area contributed by atoms with Gasteiger partial charge in [0.25, 0.3) is 0 Å². The van der Waals surface area contributed by atoms with E-state index in [-0.39, 0.29) is 0 Å². The molecule has 1 aromatic heterocycles. The number of nitrogens with zero attached hydrogens (tertiary/aromatic N) is 1. The Labute approximate surface area is 108 Å². The van der Waals surface area contributed by atoms with Gasteiger partial charge in [0.05, 0.1) is 12.2 Å². The molecule has 96 valence electrons. The van der Waals surface area contributed by atoms with Gasteiger partial charge in [0.1, 0.15) is 5.76 Å². The van der Waals surface area contributed by atoms with Crippen LogP contribution in [0.15, 0.2) is 34.7 Å². The molecule has 3 heteroatoms. The van der Waals surface area contributed by atoms with Gasteiger partial charge in [-0.15, -0.1) is 0 Å². The zero-order valence-corrected chi connectivity index (χ0v) is 11.2. The van der Waals surface area contributed by atoms with E-state index < -0.39 is 0 Å². The van der Waals surface area contributed by atoms with Crippen molar-refractivity contribution in [3.05, 3.63) is 53.2 Å². The van der Waals surface area contributed by atoms with Crippen molar-refractivity contribution in [2.24, 2.45) is 0 Å². The number of aromatic nitrogens is 1. The maximum atomic E-state index is 5.54. The number of aryl methyl sites for hydroxylation is 2. The molecule has 0 aliphatic rings. The zero-order valence-electron chi connectivity index (χ0n) is 11.2. The summed E-state index contributed by atoms with van der Waals surface area (Å²) in [6, 6.07) is 10.9.